The summed E-state index contributed by atoms with van der Waals surface area (Å²) in [5, 5.41) is 3.19. The summed E-state index contributed by atoms with van der Waals surface area (Å²) >= 11 is 0. The highest BCUT2D eigenvalue weighted by Gasteiger charge is 2.58. The van der Waals surface area contributed by atoms with E-state index in [2.05, 4.69) is 39.9 Å². The number of hydrogen-bond acceptors (Lipinski definition) is 1. The Kier molecular flexibility index (Phi) is 2.19. The predicted molar refractivity (Wildman–Crippen MR) is 61.4 cm³/mol. The molecule has 1 saturated heterocycles. The van der Waals surface area contributed by atoms with Crippen LogP contribution in [0, 0.1) is 23.2 Å². The van der Waals surface area contributed by atoms with Gasteiger partial charge in [-0.25, -0.2) is 0 Å². The average Bonchev–Trinajstić information content (AvgIpc) is 2.07. The van der Waals surface area contributed by atoms with Gasteiger partial charge in [-0.2, -0.15) is 0 Å². The van der Waals surface area contributed by atoms with Crippen LogP contribution in [0.2, 0.25) is 0 Å². The quantitative estimate of drug-likeness (QED) is 0.610. The van der Waals surface area contributed by atoms with Crippen molar-refractivity contribution in [3.63, 3.8) is 0 Å². The van der Waals surface area contributed by atoms with Crippen molar-refractivity contribution >= 4 is 5.91 Å². The maximum absolute atomic E-state index is 11.2. The molecule has 0 aromatic rings. The lowest BCUT2D eigenvalue weighted by molar-refractivity contribution is -0.147. The summed E-state index contributed by atoms with van der Waals surface area (Å²) in [7, 11) is 0. The molecule has 1 aliphatic heterocycles. The van der Waals surface area contributed by atoms with Crippen LogP contribution in [0.25, 0.3) is 0 Å². The largest absolute Gasteiger partial charge is 0.350 e. The van der Waals surface area contributed by atoms with Crippen LogP contribution in [0.1, 0.15) is 47.5 Å². The van der Waals surface area contributed by atoms with Crippen molar-refractivity contribution in [3.05, 3.63) is 0 Å². The third-order valence-electron chi connectivity index (χ3n) is 5.33. The summed E-state index contributed by atoms with van der Waals surface area (Å²) in [6.45, 7) is 11.7. The lowest BCUT2D eigenvalue weighted by Crippen LogP contribution is -2.72. The lowest BCUT2D eigenvalue weighted by atomic mass is 9.51. The van der Waals surface area contributed by atoms with E-state index in [-0.39, 0.29) is 11.4 Å². The van der Waals surface area contributed by atoms with E-state index >= 15 is 0 Å². The smallest absolute Gasteiger partial charge is 0.222 e. The second-order valence-corrected chi connectivity index (χ2v) is 6.44. The molecule has 0 bridgehead atoms. The molecular formula is C13H23NO. The topological polar surface area (TPSA) is 29.1 Å². The Labute approximate surface area is 92.8 Å². The molecule has 0 aromatic carbocycles. The van der Waals surface area contributed by atoms with Crippen molar-refractivity contribution in [2.24, 2.45) is 23.2 Å². The zero-order valence-electron chi connectivity index (χ0n) is 10.6. The maximum Gasteiger partial charge on any atom is 0.222 e. The number of hydrogen-bond donors (Lipinski definition) is 1. The average molecular weight is 209 g/mol. The summed E-state index contributed by atoms with van der Waals surface area (Å²) in [4.78, 5) is 11.2. The van der Waals surface area contributed by atoms with E-state index in [1.165, 1.54) is 6.42 Å². The van der Waals surface area contributed by atoms with Gasteiger partial charge in [0.25, 0.3) is 0 Å². The molecule has 4 atom stereocenters. The van der Waals surface area contributed by atoms with Crippen molar-refractivity contribution < 1.29 is 4.79 Å². The first-order chi connectivity index (χ1) is 6.79. The van der Waals surface area contributed by atoms with Crippen LogP contribution in [-0.2, 0) is 4.79 Å². The molecule has 1 saturated carbocycles. The van der Waals surface area contributed by atoms with Crippen LogP contribution in [-0.4, -0.2) is 11.4 Å². The summed E-state index contributed by atoms with van der Waals surface area (Å²) in [6, 6.07) is 0. The summed E-state index contributed by atoms with van der Waals surface area (Å²) < 4.78 is 0. The van der Waals surface area contributed by atoms with Crippen LogP contribution < -0.4 is 5.32 Å². The monoisotopic (exact) mass is 209 g/mol. The highest BCUT2D eigenvalue weighted by molar-refractivity contribution is 5.85. The molecule has 2 heteroatoms. The van der Waals surface area contributed by atoms with Crippen molar-refractivity contribution in [1.29, 1.82) is 0 Å². The highest BCUT2D eigenvalue weighted by atomic mass is 16.2. The summed E-state index contributed by atoms with van der Waals surface area (Å²) in [5.41, 5.74) is 0.524. The number of nitrogens with one attached hydrogen (secondary N) is 1. The van der Waals surface area contributed by atoms with Crippen molar-refractivity contribution in [2.75, 3.05) is 0 Å². The summed E-state index contributed by atoms with van der Waals surface area (Å²) in [5.74, 6) is 2.11. The minimum atomic E-state index is 0.117. The van der Waals surface area contributed by atoms with E-state index in [0.717, 1.165) is 6.42 Å². The molecule has 1 N–H and O–H groups in total. The number of rotatable bonds is 0. The molecule has 0 radical (unpaired) electrons. The zero-order valence-corrected chi connectivity index (χ0v) is 10.6. The molecule has 2 fully saturated rings. The minimum absolute atomic E-state index is 0.117. The molecule has 1 amide bonds. The van der Waals surface area contributed by atoms with Gasteiger partial charge in [-0.15, -0.1) is 0 Å². The first-order valence-corrected chi connectivity index (χ1v) is 6.10. The van der Waals surface area contributed by atoms with Gasteiger partial charge in [-0.05, 0) is 29.6 Å². The SMILES string of the molecule is C[C@@H]1CC(C)(C)[C@@H](C)[C@@H](C)C12CC(=O)N2. The minimum Gasteiger partial charge on any atom is -0.350 e. The number of carbonyl (C=O) groups excluding carboxylic acids is 1. The number of β-lactam (4-membered cyclic amide) rings is 1. The Hall–Kier alpha value is -0.530. The van der Waals surface area contributed by atoms with Crippen LogP contribution in [0.4, 0.5) is 0 Å². The fourth-order valence-corrected chi connectivity index (χ4v) is 3.81. The van der Waals surface area contributed by atoms with E-state index in [1.807, 2.05) is 0 Å². The van der Waals surface area contributed by atoms with Gasteiger partial charge in [0.1, 0.15) is 0 Å². The molecule has 15 heavy (non-hydrogen) atoms. The molecule has 1 aliphatic carbocycles. The standard InChI is InChI=1S/C13H23NO/c1-8-6-12(4,5)9(2)10(3)13(8)7-11(15)14-13/h8-10H,6-7H2,1-5H3,(H,14,15)/t8-,9+,10-,13?/m1/s1. The van der Waals surface area contributed by atoms with Crippen LogP contribution in [0.5, 0.6) is 0 Å². The van der Waals surface area contributed by atoms with Crippen LogP contribution in [0.3, 0.4) is 0 Å². The first kappa shape index (κ1) is 11.0. The Bertz CT molecular complexity index is 287. The number of amides is 1. The van der Waals surface area contributed by atoms with E-state index < -0.39 is 0 Å². The molecule has 86 valence electrons. The normalized spacial score (nSPS) is 48.6. The van der Waals surface area contributed by atoms with Crippen molar-refractivity contribution in [1.82, 2.24) is 5.32 Å². The van der Waals surface area contributed by atoms with Gasteiger partial charge in [-0.3, -0.25) is 4.79 Å². The molecule has 1 unspecified atom stereocenters. The van der Waals surface area contributed by atoms with Gasteiger partial charge in [0, 0.05) is 0 Å². The predicted octanol–water partition coefficient (Wildman–Crippen LogP) is 2.58. The van der Waals surface area contributed by atoms with Gasteiger partial charge in [0.05, 0.1) is 12.0 Å². The molecule has 0 aromatic heterocycles. The van der Waals surface area contributed by atoms with Gasteiger partial charge in [0.15, 0.2) is 0 Å². The molecule has 2 nitrogen and oxygen atoms in total. The molecule has 1 spiro atoms. The zero-order chi connectivity index (χ0) is 11.4. The lowest BCUT2D eigenvalue weighted by Gasteiger charge is -2.60. The second kappa shape index (κ2) is 2.99. The van der Waals surface area contributed by atoms with E-state index in [0.29, 0.717) is 23.2 Å². The Morgan fingerprint density at radius 1 is 1.20 bits per heavy atom. The number of carbonyl (C=O) groups is 1. The van der Waals surface area contributed by atoms with Crippen molar-refractivity contribution in [2.45, 2.75) is 53.0 Å². The molecular weight excluding hydrogens is 186 g/mol. The Morgan fingerprint density at radius 3 is 2.20 bits per heavy atom. The molecule has 2 rings (SSSR count). The van der Waals surface area contributed by atoms with Gasteiger partial charge in [-0.1, -0.05) is 34.6 Å². The third-order valence-corrected chi connectivity index (χ3v) is 5.33. The second-order valence-electron chi connectivity index (χ2n) is 6.44. The van der Waals surface area contributed by atoms with Gasteiger partial charge < -0.3 is 5.32 Å². The third kappa shape index (κ3) is 1.33. The fraction of sp³-hybridized carbons (Fsp3) is 0.923. The van der Waals surface area contributed by atoms with Crippen LogP contribution >= 0.6 is 0 Å². The highest BCUT2D eigenvalue weighted by Crippen LogP contribution is 2.54. The Morgan fingerprint density at radius 2 is 1.73 bits per heavy atom. The van der Waals surface area contributed by atoms with Crippen LogP contribution in [0.15, 0.2) is 0 Å². The van der Waals surface area contributed by atoms with Gasteiger partial charge in [0.2, 0.25) is 5.91 Å². The molecule has 1 heterocycles. The fourth-order valence-electron chi connectivity index (χ4n) is 3.81. The Balaban J connectivity index is 2.25. The van der Waals surface area contributed by atoms with E-state index in [1.54, 1.807) is 0 Å². The van der Waals surface area contributed by atoms with E-state index in [9.17, 15) is 4.79 Å². The van der Waals surface area contributed by atoms with Crippen molar-refractivity contribution in [3.8, 4) is 0 Å². The van der Waals surface area contributed by atoms with Gasteiger partial charge >= 0.3 is 0 Å². The van der Waals surface area contributed by atoms with E-state index in [4.69, 9.17) is 0 Å². The first-order valence-electron chi connectivity index (χ1n) is 6.10. The summed E-state index contributed by atoms with van der Waals surface area (Å²) in [6.07, 6.45) is 1.97. The maximum atomic E-state index is 11.2. The molecule has 2 aliphatic rings.